The summed E-state index contributed by atoms with van der Waals surface area (Å²) < 4.78 is 1.09. The fourth-order valence-electron chi connectivity index (χ4n) is 1.34. The topological polar surface area (TPSA) is 21.6 Å². The quantitative estimate of drug-likeness (QED) is 0.582. The number of nitrogens with zero attached hydrogens (tertiary/aromatic N) is 1. The molecule has 2 nitrogen and oxygen atoms in total. The Morgan fingerprint density at radius 3 is 2.71 bits per heavy atom. The van der Waals surface area contributed by atoms with Gasteiger partial charge in [0.15, 0.2) is 5.17 Å². The molecule has 0 aliphatic carbocycles. The smallest absolute Gasteiger partial charge is 0.187 e. The Labute approximate surface area is 114 Å². The van der Waals surface area contributed by atoms with Crippen LogP contribution in [0.5, 0.6) is 0 Å². The number of rotatable bonds is 3. The molecule has 0 unspecified atom stereocenters. The van der Waals surface area contributed by atoms with Crippen molar-refractivity contribution in [2.24, 2.45) is 5.16 Å². The Morgan fingerprint density at radius 2 is 2.06 bits per heavy atom. The van der Waals surface area contributed by atoms with E-state index in [0.29, 0.717) is 10.2 Å². The summed E-state index contributed by atoms with van der Waals surface area (Å²) in [7, 11) is 0. The number of benzene rings is 1. The van der Waals surface area contributed by atoms with Gasteiger partial charge in [-0.1, -0.05) is 46.6 Å². The number of thiophene rings is 1. The molecule has 0 saturated carbocycles. The summed E-state index contributed by atoms with van der Waals surface area (Å²) in [5.74, 6) is 0. The zero-order valence-corrected chi connectivity index (χ0v) is 11.7. The van der Waals surface area contributed by atoms with Gasteiger partial charge in [-0.05, 0) is 19.9 Å². The third-order valence-electron chi connectivity index (χ3n) is 2.07. The summed E-state index contributed by atoms with van der Waals surface area (Å²) in [6.45, 7) is 3.78. The van der Waals surface area contributed by atoms with Crippen LogP contribution in [0.2, 0.25) is 5.02 Å². The van der Waals surface area contributed by atoms with Gasteiger partial charge in [0.05, 0.1) is 9.90 Å². The van der Waals surface area contributed by atoms with Gasteiger partial charge in [0.25, 0.3) is 0 Å². The number of hydrogen-bond donors (Lipinski definition) is 0. The highest BCUT2D eigenvalue weighted by atomic mass is 35.5. The van der Waals surface area contributed by atoms with E-state index in [1.807, 2.05) is 38.1 Å². The second-order valence-corrected chi connectivity index (χ2v) is 5.57. The highest BCUT2D eigenvalue weighted by Crippen LogP contribution is 2.36. The zero-order chi connectivity index (χ0) is 12.4. The zero-order valence-electron chi connectivity index (χ0n) is 9.41. The van der Waals surface area contributed by atoms with E-state index in [4.69, 9.17) is 28.0 Å². The fourth-order valence-corrected chi connectivity index (χ4v) is 3.03. The first-order chi connectivity index (χ1) is 8.09. The predicted octanol–water partition coefficient (Wildman–Crippen LogP) is 4.88. The average molecular weight is 288 g/mol. The van der Waals surface area contributed by atoms with Crippen LogP contribution in [0.25, 0.3) is 10.1 Å². The molecule has 90 valence electrons. The number of oxime groups is 1. The molecule has 2 rings (SSSR count). The van der Waals surface area contributed by atoms with Crippen molar-refractivity contribution in [3.8, 4) is 0 Å². The van der Waals surface area contributed by atoms with E-state index >= 15 is 0 Å². The van der Waals surface area contributed by atoms with E-state index in [2.05, 4.69) is 5.16 Å². The van der Waals surface area contributed by atoms with Gasteiger partial charge in [-0.3, -0.25) is 0 Å². The van der Waals surface area contributed by atoms with Crippen LogP contribution in [0.4, 0.5) is 0 Å². The van der Waals surface area contributed by atoms with E-state index in [9.17, 15) is 0 Å². The lowest BCUT2D eigenvalue weighted by molar-refractivity contribution is 0.0869. The maximum atomic E-state index is 6.26. The van der Waals surface area contributed by atoms with Crippen LogP contribution in [-0.2, 0) is 4.84 Å². The maximum absolute atomic E-state index is 6.26. The molecule has 1 aromatic carbocycles. The van der Waals surface area contributed by atoms with Gasteiger partial charge in [-0.25, -0.2) is 0 Å². The van der Waals surface area contributed by atoms with Gasteiger partial charge in [0.1, 0.15) is 6.10 Å². The normalized spacial score (nSPS) is 12.4. The Kier molecular flexibility index (Phi) is 3.92. The van der Waals surface area contributed by atoms with Gasteiger partial charge in [-0.2, -0.15) is 0 Å². The molecule has 0 bridgehead atoms. The Morgan fingerprint density at radius 1 is 1.35 bits per heavy atom. The number of fused-ring (bicyclic) bond motifs is 1. The molecule has 1 aromatic heterocycles. The van der Waals surface area contributed by atoms with Crippen molar-refractivity contribution >= 4 is 49.8 Å². The number of hydrogen-bond acceptors (Lipinski definition) is 3. The molecule has 0 atom stereocenters. The number of halogens is 2. The molecule has 2 aromatic rings. The highest BCUT2D eigenvalue weighted by molar-refractivity contribution is 7.23. The maximum Gasteiger partial charge on any atom is 0.187 e. The summed E-state index contributed by atoms with van der Waals surface area (Å²) in [5, 5.41) is 5.78. The minimum Gasteiger partial charge on any atom is -0.392 e. The standard InChI is InChI=1S/C12H11Cl2NOS/c1-7(2)16-15-12(14)11-10(13)8-5-3-4-6-9(8)17-11/h3-7H,1-2H3. The summed E-state index contributed by atoms with van der Waals surface area (Å²) >= 11 is 13.8. The summed E-state index contributed by atoms with van der Waals surface area (Å²) in [6.07, 6.45) is -0.00287. The van der Waals surface area contributed by atoms with Crippen molar-refractivity contribution in [1.82, 2.24) is 0 Å². The molecule has 0 aliphatic rings. The largest absolute Gasteiger partial charge is 0.392 e. The highest BCUT2D eigenvalue weighted by Gasteiger charge is 2.14. The molecule has 1 heterocycles. The van der Waals surface area contributed by atoms with E-state index in [1.165, 1.54) is 11.3 Å². The van der Waals surface area contributed by atoms with Crippen LogP contribution in [0, 0.1) is 0 Å². The molecule has 0 fully saturated rings. The SMILES string of the molecule is CC(C)ON=C(Cl)c1sc2ccccc2c1Cl. The Balaban J connectivity index is 2.42. The fraction of sp³-hybridized carbons (Fsp3) is 0.250. The first kappa shape index (κ1) is 12.7. The monoisotopic (exact) mass is 287 g/mol. The van der Waals surface area contributed by atoms with E-state index in [1.54, 1.807) is 0 Å². The third kappa shape index (κ3) is 2.73. The lowest BCUT2D eigenvalue weighted by Crippen LogP contribution is -1.98. The molecular weight excluding hydrogens is 277 g/mol. The molecule has 17 heavy (non-hydrogen) atoms. The van der Waals surface area contributed by atoms with Crippen LogP contribution < -0.4 is 0 Å². The van der Waals surface area contributed by atoms with E-state index in [-0.39, 0.29) is 6.10 Å². The van der Waals surface area contributed by atoms with Gasteiger partial charge >= 0.3 is 0 Å². The minimum atomic E-state index is -0.00287. The molecule has 5 heteroatoms. The van der Waals surface area contributed by atoms with Gasteiger partial charge < -0.3 is 4.84 Å². The Bertz CT molecular complexity index is 563. The van der Waals surface area contributed by atoms with Crippen LogP contribution in [0.3, 0.4) is 0 Å². The minimum absolute atomic E-state index is 0.00287. The molecule has 0 radical (unpaired) electrons. The van der Waals surface area contributed by atoms with Crippen molar-refractivity contribution in [3.63, 3.8) is 0 Å². The molecular formula is C12H11Cl2NOS. The van der Waals surface area contributed by atoms with Crippen LogP contribution in [-0.4, -0.2) is 11.3 Å². The van der Waals surface area contributed by atoms with Crippen LogP contribution in [0.1, 0.15) is 18.7 Å². The van der Waals surface area contributed by atoms with Crippen LogP contribution >= 0.6 is 34.5 Å². The van der Waals surface area contributed by atoms with Crippen molar-refractivity contribution in [3.05, 3.63) is 34.2 Å². The van der Waals surface area contributed by atoms with Crippen molar-refractivity contribution in [2.75, 3.05) is 0 Å². The first-order valence-corrected chi connectivity index (χ1v) is 6.73. The third-order valence-corrected chi connectivity index (χ3v) is 4.12. The predicted molar refractivity (Wildman–Crippen MR) is 75.4 cm³/mol. The lowest BCUT2D eigenvalue weighted by atomic mass is 10.2. The Hall–Kier alpha value is -0.770. The van der Waals surface area contributed by atoms with Gasteiger partial charge in [0.2, 0.25) is 0 Å². The van der Waals surface area contributed by atoms with E-state index in [0.717, 1.165) is 15.0 Å². The lowest BCUT2D eigenvalue weighted by Gasteiger charge is -2.02. The van der Waals surface area contributed by atoms with E-state index < -0.39 is 0 Å². The summed E-state index contributed by atoms with van der Waals surface area (Å²) in [6, 6.07) is 7.88. The molecule has 0 saturated heterocycles. The van der Waals surface area contributed by atoms with Crippen molar-refractivity contribution in [2.45, 2.75) is 20.0 Å². The first-order valence-electron chi connectivity index (χ1n) is 5.16. The van der Waals surface area contributed by atoms with Gasteiger partial charge in [0, 0.05) is 10.1 Å². The van der Waals surface area contributed by atoms with Gasteiger partial charge in [-0.15, -0.1) is 11.3 Å². The molecule has 0 aliphatic heterocycles. The average Bonchev–Trinajstić information content (AvgIpc) is 2.64. The van der Waals surface area contributed by atoms with Crippen LogP contribution in [0.15, 0.2) is 29.4 Å². The molecule has 0 spiro atoms. The molecule has 0 amide bonds. The van der Waals surface area contributed by atoms with Crippen molar-refractivity contribution in [1.29, 1.82) is 0 Å². The van der Waals surface area contributed by atoms with Crippen molar-refractivity contribution < 1.29 is 4.84 Å². The second-order valence-electron chi connectivity index (χ2n) is 3.78. The summed E-state index contributed by atoms with van der Waals surface area (Å²) in [5.41, 5.74) is 0. The molecule has 0 N–H and O–H groups in total. The summed E-state index contributed by atoms with van der Waals surface area (Å²) in [4.78, 5) is 5.86. The second kappa shape index (κ2) is 5.25.